The molecule has 1 heterocycles. The van der Waals surface area contributed by atoms with E-state index >= 15 is 0 Å². The van der Waals surface area contributed by atoms with Gasteiger partial charge >= 0.3 is 0 Å². The largest absolute Gasteiger partial charge is 0.507 e. The van der Waals surface area contributed by atoms with Crippen LogP contribution in [0, 0.1) is 0 Å². The van der Waals surface area contributed by atoms with Gasteiger partial charge < -0.3 is 10.1 Å². The normalized spacial score (nSPS) is 12.5. The third-order valence-corrected chi connectivity index (χ3v) is 6.20. The standard InChI is InChI=1S/C20H25Br2NO2/c1-19(2,3)13-7-11(8-14(17(13)25)20(4,5)6)9-15(24)12-10-23-18(22)16(12)21/h7-8,10,23,25H,9H2,1-6H3. The zero-order valence-corrected chi connectivity index (χ0v) is 18.7. The van der Waals surface area contributed by atoms with Crippen molar-refractivity contribution in [2.75, 3.05) is 0 Å². The minimum Gasteiger partial charge on any atom is -0.507 e. The molecule has 0 atom stereocenters. The Morgan fingerprint density at radius 2 is 1.52 bits per heavy atom. The van der Waals surface area contributed by atoms with Gasteiger partial charge in [-0.15, -0.1) is 0 Å². The van der Waals surface area contributed by atoms with Gasteiger partial charge in [-0.25, -0.2) is 0 Å². The number of hydrogen-bond acceptors (Lipinski definition) is 2. The Bertz CT molecular complexity index is 773. The maximum atomic E-state index is 12.7. The number of carbonyl (C=O) groups excluding carboxylic acids is 1. The highest BCUT2D eigenvalue weighted by Crippen LogP contribution is 2.40. The van der Waals surface area contributed by atoms with E-state index in [-0.39, 0.29) is 23.0 Å². The number of ketones is 1. The Balaban J connectivity index is 2.51. The van der Waals surface area contributed by atoms with Crippen LogP contribution in [0.4, 0.5) is 0 Å². The molecular weight excluding hydrogens is 446 g/mol. The summed E-state index contributed by atoms with van der Waals surface area (Å²) in [5.74, 6) is 0.362. The number of nitrogens with one attached hydrogen (secondary N) is 1. The molecule has 2 aromatic rings. The lowest BCUT2D eigenvalue weighted by atomic mass is 9.78. The first kappa shape index (κ1) is 20.2. The van der Waals surface area contributed by atoms with Crippen molar-refractivity contribution < 1.29 is 9.90 Å². The maximum Gasteiger partial charge on any atom is 0.169 e. The Kier molecular flexibility index (Phi) is 5.60. The maximum absolute atomic E-state index is 12.7. The average Bonchev–Trinajstić information content (AvgIpc) is 2.78. The second-order valence-corrected chi connectivity index (χ2v) is 10.1. The Morgan fingerprint density at radius 3 is 1.88 bits per heavy atom. The topological polar surface area (TPSA) is 53.1 Å². The summed E-state index contributed by atoms with van der Waals surface area (Å²) in [7, 11) is 0. The van der Waals surface area contributed by atoms with Crippen LogP contribution in [0.1, 0.15) is 68.6 Å². The molecule has 5 heteroatoms. The highest BCUT2D eigenvalue weighted by atomic mass is 79.9. The molecule has 0 bridgehead atoms. The van der Waals surface area contributed by atoms with Crippen LogP contribution in [0.2, 0.25) is 0 Å². The first-order valence-electron chi connectivity index (χ1n) is 8.24. The van der Waals surface area contributed by atoms with Crippen LogP contribution in [0.25, 0.3) is 0 Å². The lowest BCUT2D eigenvalue weighted by molar-refractivity contribution is 0.0992. The molecule has 0 fully saturated rings. The Morgan fingerprint density at radius 1 is 1.04 bits per heavy atom. The summed E-state index contributed by atoms with van der Waals surface area (Å²) < 4.78 is 1.50. The smallest absolute Gasteiger partial charge is 0.169 e. The van der Waals surface area contributed by atoms with Crippen LogP contribution in [0.5, 0.6) is 5.75 Å². The molecule has 0 saturated carbocycles. The fourth-order valence-corrected chi connectivity index (χ4v) is 3.58. The van der Waals surface area contributed by atoms with Crippen LogP contribution in [-0.4, -0.2) is 15.9 Å². The van der Waals surface area contributed by atoms with Gasteiger partial charge in [0, 0.05) is 12.6 Å². The number of H-pyrrole nitrogens is 1. The van der Waals surface area contributed by atoms with Gasteiger partial charge in [0.25, 0.3) is 0 Å². The van der Waals surface area contributed by atoms with E-state index in [1.165, 1.54) is 0 Å². The molecule has 2 N–H and O–H groups in total. The summed E-state index contributed by atoms with van der Waals surface area (Å²) in [5, 5.41) is 10.8. The summed E-state index contributed by atoms with van der Waals surface area (Å²) in [6, 6.07) is 3.91. The summed E-state index contributed by atoms with van der Waals surface area (Å²) in [6.45, 7) is 12.4. The molecule has 1 aromatic carbocycles. The number of aromatic nitrogens is 1. The molecule has 0 aliphatic rings. The van der Waals surface area contributed by atoms with Gasteiger partial charge in [0.15, 0.2) is 5.78 Å². The molecular formula is C20H25Br2NO2. The number of hydrogen-bond donors (Lipinski definition) is 2. The highest BCUT2D eigenvalue weighted by molar-refractivity contribution is 9.13. The number of Topliss-reactive ketones (excluding diaryl/α,β-unsaturated/α-hetero) is 1. The predicted octanol–water partition coefficient (Wildman–Crippen LogP) is 6.27. The van der Waals surface area contributed by atoms with Crippen molar-refractivity contribution in [1.82, 2.24) is 4.98 Å². The quantitative estimate of drug-likeness (QED) is 0.519. The lowest BCUT2D eigenvalue weighted by Gasteiger charge is -2.28. The van der Waals surface area contributed by atoms with E-state index in [1.807, 2.05) is 12.1 Å². The number of benzene rings is 1. The first-order chi connectivity index (χ1) is 11.3. The third kappa shape index (κ3) is 4.37. The summed E-state index contributed by atoms with van der Waals surface area (Å²) in [4.78, 5) is 15.7. The molecule has 3 nitrogen and oxygen atoms in total. The van der Waals surface area contributed by atoms with Gasteiger partial charge in [-0.1, -0.05) is 53.7 Å². The van der Waals surface area contributed by atoms with Crippen LogP contribution >= 0.6 is 31.9 Å². The van der Waals surface area contributed by atoms with Crippen molar-refractivity contribution in [3.63, 3.8) is 0 Å². The molecule has 0 aliphatic heterocycles. The van der Waals surface area contributed by atoms with Crippen molar-refractivity contribution in [2.24, 2.45) is 0 Å². The monoisotopic (exact) mass is 469 g/mol. The van der Waals surface area contributed by atoms with E-state index in [1.54, 1.807) is 6.20 Å². The second-order valence-electron chi connectivity index (χ2n) is 8.47. The van der Waals surface area contributed by atoms with Crippen molar-refractivity contribution in [1.29, 1.82) is 0 Å². The fourth-order valence-electron chi connectivity index (χ4n) is 2.80. The molecule has 25 heavy (non-hydrogen) atoms. The zero-order chi connectivity index (χ0) is 19.2. The first-order valence-corrected chi connectivity index (χ1v) is 9.83. The molecule has 0 amide bonds. The number of rotatable bonds is 3. The SMILES string of the molecule is CC(C)(C)c1cc(CC(=O)c2c[nH]c(Br)c2Br)cc(C(C)(C)C)c1O. The van der Waals surface area contributed by atoms with Gasteiger partial charge in [0.2, 0.25) is 0 Å². The van der Waals surface area contributed by atoms with Crippen LogP contribution < -0.4 is 0 Å². The molecule has 0 saturated heterocycles. The number of halogens is 2. The van der Waals surface area contributed by atoms with E-state index < -0.39 is 0 Å². The van der Waals surface area contributed by atoms with Gasteiger partial charge in [0.1, 0.15) is 5.75 Å². The fraction of sp³-hybridized carbons (Fsp3) is 0.450. The minimum atomic E-state index is -0.208. The number of carbonyl (C=O) groups is 1. The number of phenols is 1. The number of aromatic amines is 1. The zero-order valence-electron chi connectivity index (χ0n) is 15.6. The second kappa shape index (κ2) is 6.92. The van der Waals surface area contributed by atoms with Gasteiger partial charge in [-0.05, 0) is 59.4 Å². The van der Waals surface area contributed by atoms with Crippen LogP contribution in [0.3, 0.4) is 0 Å². The average molecular weight is 471 g/mol. The minimum absolute atomic E-state index is 0.0271. The molecule has 0 radical (unpaired) electrons. The van der Waals surface area contributed by atoms with Gasteiger partial charge in [-0.2, -0.15) is 0 Å². The van der Waals surface area contributed by atoms with Gasteiger partial charge in [0.05, 0.1) is 14.6 Å². The molecule has 1 aromatic heterocycles. The summed E-state index contributed by atoms with van der Waals surface area (Å²) in [5.41, 5.74) is 2.87. The van der Waals surface area contributed by atoms with Crippen molar-refractivity contribution in [3.05, 3.63) is 49.7 Å². The molecule has 0 aliphatic carbocycles. The molecule has 0 spiro atoms. The third-order valence-electron chi connectivity index (χ3n) is 4.22. The molecule has 0 unspecified atom stereocenters. The Labute approximate surface area is 166 Å². The van der Waals surface area contributed by atoms with Crippen molar-refractivity contribution >= 4 is 37.6 Å². The van der Waals surface area contributed by atoms with Crippen LogP contribution in [-0.2, 0) is 17.3 Å². The van der Waals surface area contributed by atoms with E-state index in [2.05, 4.69) is 78.4 Å². The lowest BCUT2D eigenvalue weighted by Crippen LogP contribution is -2.18. The van der Waals surface area contributed by atoms with E-state index in [9.17, 15) is 9.90 Å². The molecule has 136 valence electrons. The summed E-state index contributed by atoms with van der Waals surface area (Å²) >= 11 is 6.80. The number of phenolic OH excluding ortho intramolecular Hbond substituents is 1. The van der Waals surface area contributed by atoms with E-state index in [0.717, 1.165) is 25.8 Å². The van der Waals surface area contributed by atoms with Crippen molar-refractivity contribution in [3.8, 4) is 5.75 Å². The summed E-state index contributed by atoms with van der Waals surface area (Å²) in [6.07, 6.45) is 1.99. The van der Waals surface area contributed by atoms with E-state index in [0.29, 0.717) is 11.3 Å². The molecule has 2 rings (SSSR count). The van der Waals surface area contributed by atoms with Crippen molar-refractivity contribution in [2.45, 2.75) is 58.8 Å². The number of aromatic hydroxyl groups is 1. The Hall–Kier alpha value is -1.07. The van der Waals surface area contributed by atoms with Crippen LogP contribution in [0.15, 0.2) is 27.4 Å². The predicted molar refractivity (Wildman–Crippen MR) is 110 cm³/mol. The highest BCUT2D eigenvalue weighted by Gasteiger charge is 2.27. The van der Waals surface area contributed by atoms with Gasteiger partial charge in [-0.3, -0.25) is 4.79 Å². The van der Waals surface area contributed by atoms with E-state index in [4.69, 9.17) is 0 Å².